The minimum absolute atomic E-state index is 0.813. The summed E-state index contributed by atoms with van der Waals surface area (Å²) < 4.78 is 0. The Morgan fingerprint density at radius 2 is 2.42 bits per heavy atom. The number of aryl methyl sites for hydroxylation is 1. The van der Waals surface area contributed by atoms with Crippen LogP contribution in [0.2, 0.25) is 0 Å². The van der Waals surface area contributed by atoms with Crippen molar-refractivity contribution in [3.05, 3.63) is 23.4 Å². The Hall–Kier alpha value is -1.03. The summed E-state index contributed by atoms with van der Waals surface area (Å²) in [5.74, 6) is 0. The Kier molecular flexibility index (Phi) is 3.10. The summed E-state index contributed by atoms with van der Waals surface area (Å²) in [6, 6.07) is 1.93. The van der Waals surface area contributed by atoms with Crippen LogP contribution < -0.4 is 0 Å². The molecule has 0 aliphatic carbocycles. The van der Waals surface area contributed by atoms with Crippen LogP contribution in [0.25, 0.3) is 0 Å². The van der Waals surface area contributed by atoms with Gasteiger partial charge in [0.05, 0.1) is 11.2 Å². The molecule has 0 saturated carbocycles. The van der Waals surface area contributed by atoms with Crippen molar-refractivity contribution in [3.63, 3.8) is 0 Å². The van der Waals surface area contributed by atoms with Crippen LogP contribution in [-0.2, 0) is 0 Å². The van der Waals surface area contributed by atoms with Gasteiger partial charge in [0.1, 0.15) is 0 Å². The Morgan fingerprint density at radius 3 is 2.92 bits per heavy atom. The van der Waals surface area contributed by atoms with Gasteiger partial charge < -0.3 is 5.21 Å². The Bertz CT molecular complexity index is 299. The lowest BCUT2D eigenvalue weighted by molar-refractivity contribution is 0.322. The van der Waals surface area contributed by atoms with Gasteiger partial charge in [-0.1, -0.05) is 5.16 Å². The highest BCUT2D eigenvalue weighted by Gasteiger charge is 1.97. The van der Waals surface area contributed by atoms with Gasteiger partial charge in [0.2, 0.25) is 0 Å². The molecule has 0 unspecified atom stereocenters. The fraction of sp³-hybridized carbons (Fsp3) is 0.250. The molecule has 0 atom stereocenters. The van der Waals surface area contributed by atoms with Crippen molar-refractivity contribution in [2.75, 3.05) is 6.26 Å². The van der Waals surface area contributed by atoms with E-state index in [0.717, 1.165) is 16.2 Å². The summed E-state index contributed by atoms with van der Waals surface area (Å²) in [7, 11) is 0. The van der Waals surface area contributed by atoms with Gasteiger partial charge in [-0.3, -0.25) is 0 Å². The predicted octanol–water partition coefficient (Wildman–Crippen LogP) is 1.92. The lowest BCUT2D eigenvalue weighted by Gasteiger charge is -2.00. The van der Waals surface area contributed by atoms with E-state index in [2.05, 4.69) is 10.1 Å². The van der Waals surface area contributed by atoms with Gasteiger partial charge in [-0.05, 0) is 24.8 Å². The molecule has 0 radical (unpaired) electrons. The second-order valence-corrected chi connectivity index (χ2v) is 3.13. The summed E-state index contributed by atoms with van der Waals surface area (Å²) in [5.41, 5.74) is 1.91. The van der Waals surface area contributed by atoms with E-state index in [1.54, 1.807) is 18.0 Å². The van der Waals surface area contributed by atoms with Gasteiger partial charge in [0.25, 0.3) is 0 Å². The summed E-state index contributed by atoms with van der Waals surface area (Å²) >= 11 is 1.60. The lowest BCUT2D eigenvalue weighted by atomic mass is 10.2. The third-order valence-electron chi connectivity index (χ3n) is 1.45. The average molecular weight is 182 g/mol. The predicted molar refractivity (Wildman–Crippen MR) is 50.1 cm³/mol. The van der Waals surface area contributed by atoms with Crippen LogP contribution in [0.5, 0.6) is 0 Å². The van der Waals surface area contributed by atoms with E-state index in [-0.39, 0.29) is 0 Å². The molecule has 0 aliphatic heterocycles. The zero-order valence-electron chi connectivity index (χ0n) is 6.98. The average Bonchev–Trinajstić information content (AvgIpc) is 2.05. The van der Waals surface area contributed by atoms with Crippen LogP contribution in [0.1, 0.15) is 11.1 Å². The van der Waals surface area contributed by atoms with Crippen LogP contribution in [0.15, 0.2) is 22.4 Å². The molecule has 1 rings (SSSR count). The number of aromatic nitrogens is 1. The normalized spacial score (nSPS) is 10.8. The van der Waals surface area contributed by atoms with Crippen molar-refractivity contribution in [3.8, 4) is 0 Å². The number of rotatable bonds is 2. The van der Waals surface area contributed by atoms with Gasteiger partial charge >= 0.3 is 0 Å². The van der Waals surface area contributed by atoms with Crippen LogP contribution in [0.3, 0.4) is 0 Å². The molecular formula is C8H10N2OS. The first-order valence-corrected chi connectivity index (χ1v) is 4.68. The molecule has 0 amide bonds. The van der Waals surface area contributed by atoms with Crippen molar-refractivity contribution in [2.24, 2.45) is 5.16 Å². The molecule has 0 spiro atoms. The summed E-state index contributed by atoms with van der Waals surface area (Å²) in [5, 5.41) is 12.2. The maximum absolute atomic E-state index is 8.27. The summed E-state index contributed by atoms with van der Waals surface area (Å²) in [4.78, 5) is 4.18. The van der Waals surface area contributed by atoms with Gasteiger partial charge in [-0.2, -0.15) is 0 Å². The molecular weight excluding hydrogens is 172 g/mol. The third-order valence-corrected chi connectivity index (χ3v) is 2.27. The lowest BCUT2D eigenvalue weighted by Crippen LogP contribution is -1.89. The molecule has 1 aromatic heterocycles. The monoisotopic (exact) mass is 182 g/mol. The van der Waals surface area contributed by atoms with Gasteiger partial charge in [-0.15, -0.1) is 11.8 Å². The topological polar surface area (TPSA) is 45.5 Å². The molecule has 0 fully saturated rings. The Morgan fingerprint density at radius 1 is 1.67 bits per heavy atom. The fourth-order valence-electron chi connectivity index (χ4n) is 0.935. The standard InChI is InChI=1S/C8H10N2OS/c1-6-3-7(5-10-11)4-9-8(6)12-2/h3-5,11H,1-2H3/b10-5+. The first-order chi connectivity index (χ1) is 5.77. The third kappa shape index (κ3) is 1.98. The zero-order chi connectivity index (χ0) is 8.97. The molecule has 0 bridgehead atoms. The van der Waals surface area contributed by atoms with Gasteiger partial charge in [0, 0.05) is 11.8 Å². The number of oxime groups is 1. The number of hydrogen-bond acceptors (Lipinski definition) is 4. The molecule has 1 aromatic rings. The van der Waals surface area contributed by atoms with Crippen molar-refractivity contribution < 1.29 is 5.21 Å². The van der Waals surface area contributed by atoms with E-state index in [1.165, 1.54) is 6.21 Å². The van der Waals surface area contributed by atoms with Gasteiger partial charge in [0.15, 0.2) is 0 Å². The molecule has 3 nitrogen and oxygen atoms in total. The van der Waals surface area contributed by atoms with E-state index >= 15 is 0 Å². The number of thioether (sulfide) groups is 1. The van der Waals surface area contributed by atoms with Crippen LogP contribution in [0.4, 0.5) is 0 Å². The quantitative estimate of drug-likeness (QED) is 0.329. The SMILES string of the molecule is CSc1ncc(/C=N/O)cc1C. The van der Waals surface area contributed by atoms with E-state index in [9.17, 15) is 0 Å². The fourth-order valence-corrected chi connectivity index (χ4v) is 1.47. The highest BCUT2D eigenvalue weighted by molar-refractivity contribution is 7.98. The first-order valence-electron chi connectivity index (χ1n) is 3.46. The molecule has 12 heavy (non-hydrogen) atoms. The Labute approximate surface area is 75.5 Å². The smallest absolute Gasteiger partial charge is 0.0986 e. The largest absolute Gasteiger partial charge is 0.411 e. The van der Waals surface area contributed by atoms with Crippen LogP contribution in [0, 0.1) is 6.92 Å². The van der Waals surface area contributed by atoms with Crippen molar-refractivity contribution in [1.82, 2.24) is 4.98 Å². The van der Waals surface area contributed by atoms with Crippen molar-refractivity contribution >= 4 is 18.0 Å². The van der Waals surface area contributed by atoms with E-state index in [1.807, 2.05) is 19.2 Å². The molecule has 4 heteroatoms. The number of pyridine rings is 1. The summed E-state index contributed by atoms with van der Waals surface area (Å²) in [6.45, 7) is 1.98. The minimum Gasteiger partial charge on any atom is -0.411 e. The van der Waals surface area contributed by atoms with Crippen molar-refractivity contribution in [2.45, 2.75) is 11.9 Å². The van der Waals surface area contributed by atoms with Crippen molar-refractivity contribution in [1.29, 1.82) is 0 Å². The molecule has 1 heterocycles. The van der Waals surface area contributed by atoms with E-state index < -0.39 is 0 Å². The highest BCUT2D eigenvalue weighted by Crippen LogP contribution is 2.16. The highest BCUT2D eigenvalue weighted by atomic mass is 32.2. The zero-order valence-corrected chi connectivity index (χ0v) is 7.80. The second-order valence-electron chi connectivity index (χ2n) is 2.34. The maximum Gasteiger partial charge on any atom is 0.0986 e. The minimum atomic E-state index is 0.813. The molecule has 1 N–H and O–H groups in total. The van der Waals surface area contributed by atoms with E-state index in [4.69, 9.17) is 5.21 Å². The van der Waals surface area contributed by atoms with E-state index in [0.29, 0.717) is 0 Å². The molecule has 0 aromatic carbocycles. The van der Waals surface area contributed by atoms with Crippen LogP contribution >= 0.6 is 11.8 Å². The number of nitrogens with zero attached hydrogens (tertiary/aromatic N) is 2. The maximum atomic E-state index is 8.27. The van der Waals surface area contributed by atoms with Gasteiger partial charge in [-0.25, -0.2) is 4.98 Å². The first kappa shape index (κ1) is 9.06. The Balaban J connectivity index is 3.01. The summed E-state index contributed by atoms with van der Waals surface area (Å²) in [6.07, 6.45) is 5.03. The molecule has 64 valence electrons. The number of hydrogen-bond donors (Lipinski definition) is 1. The molecule has 0 saturated heterocycles. The second kappa shape index (κ2) is 4.11. The van der Waals surface area contributed by atoms with Crippen LogP contribution in [-0.4, -0.2) is 22.7 Å². The molecule has 0 aliphatic rings.